The molecule has 2 aromatic carbocycles. The average Bonchev–Trinajstić information content (AvgIpc) is 2.47. The number of hydrogen-bond donors (Lipinski definition) is 1. The van der Waals surface area contributed by atoms with E-state index in [9.17, 15) is 4.39 Å². The second kappa shape index (κ2) is 8.56. The van der Waals surface area contributed by atoms with Crippen LogP contribution in [0.3, 0.4) is 0 Å². The van der Waals surface area contributed by atoms with Crippen LogP contribution >= 0.6 is 12.4 Å². The Hall–Kier alpha value is -1.58. The van der Waals surface area contributed by atoms with Gasteiger partial charge in [-0.25, -0.2) is 0 Å². The second-order valence-electron chi connectivity index (χ2n) is 4.43. The molecule has 20 heavy (non-hydrogen) atoms. The smallest absolute Gasteiger partial charge is 0.120 e. The Bertz CT molecular complexity index is 507. The summed E-state index contributed by atoms with van der Waals surface area (Å²) in [5.41, 5.74) is 7.90. The molecule has 0 aliphatic carbocycles. The quantitative estimate of drug-likeness (QED) is 0.872. The van der Waals surface area contributed by atoms with E-state index in [1.807, 2.05) is 54.6 Å². The van der Waals surface area contributed by atoms with Gasteiger partial charge < -0.3 is 10.5 Å². The molecule has 0 aliphatic heterocycles. The molecule has 0 bridgehead atoms. The predicted octanol–water partition coefficient (Wildman–Crippen LogP) is 4.05. The fourth-order valence-corrected chi connectivity index (χ4v) is 1.86. The van der Waals surface area contributed by atoms with Gasteiger partial charge in [0.1, 0.15) is 12.4 Å². The van der Waals surface area contributed by atoms with Crippen molar-refractivity contribution in [3.63, 3.8) is 0 Å². The Balaban J connectivity index is 0.00000200. The standard InChI is InChI=1S/C16H18FNO.ClH/c17-10-9-16(18)14-7-4-8-15(11-14)19-12-13-5-2-1-3-6-13;/h1-8,11,16H,9-10,12,18H2;1H/t16-;/m0./s1. The van der Waals surface area contributed by atoms with Gasteiger partial charge in [-0.2, -0.15) is 0 Å². The first-order valence-electron chi connectivity index (χ1n) is 6.38. The Morgan fingerprint density at radius 3 is 2.50 bits per heavy atom. The predicted molar refractivity (Wildman–Crippen MR) is 82.0 cm³/mol. The molecule has 1 atom stereocenters. The summed E-state index contributed by atoms with van der Waals surface area (Å²) in [4.78, 5) is 0. The number of hydrogen-bond acceptors (Lipinski definition) is 2. The van der Waals surface area contributed by atoms with E-state index in [0.29, 0.717) is 13.0 Å². The van der Waals surface area contributed by atoms with Crippen molar-refractivity contribution in [2.75, 3.05) is 6.67 Å². The van der Waals surface area contributed by atoms with Gasteiger partial charge in [0.25, 0.3) is 0 Å². The minimum absolute atomic E-state index is 0. The van der Waals surface area contributed by atoms with Gasteiger partial charge in [-0.05, 0) is 29.7 Å². The summed E-state index contributed by atoms with van der Waals surface area (Å²) in [6, 6.07) is 17.2. The summed E-state index contributed by atoms with van der Waals surface area (Å²) >= 11 is 0. The zero-order chi connectivity index (χ0) is 13.5. The van der Waals surface area contributed by atoms with Crippen molar-refractivity contribution < 1.29 is 9.13 Å². The van der Waals surface area contributed by atoms with E-state index in [0.717, 1.165) is 16.9 Å². The Kier molecular flexibility index (Phi) is 7.05. The summed E-state index contributed by atoms with van der Waals surface area (Å²) in [7, 11) is 0. The average molecular weight is 296 g/mol. The second-order valence-corrected chi connectivity index (χ2v) is 4.43. The Morgan fingerprint density at radius 2 is 1.80 bits per heavy atom. The molecule has 0 heterocycles. The van der Waals surface area contributed by atoms with Crippen molar-refractivity contribution in [1.82, 2.24) is 0 Å². The Labute approximate surface area is 125 Å². The number of rotatable bonds is 6. The van der Waals surface area contributed by atoms with E-state index >= 15 is 0 Å². The van der Waals surface area contributed by atoms with E-state index < -0.39 is 6.67 Å². The molecule has 0 unspecified atom stereocenters. The van der Waals surface area contributed by atoms with Crippen LogP contribution in [-0.4, -0.2) is 6.67 Å². The number of halogens is 2. The number of ether oxygens (including phenoxy) is 1. The third-order valence-electron chi connectivity index (χ3n) is 2.95. The first-order chi connectivity index (χ1) is 9.29. The summed E-state index contributed by atoms with van der Waals surface area (Å²) in [5, 5.41) is 0. The molecule has 0 radical (unpaired) electrons. The van der Waals surface area contributed by atoms with Gasteiger partial charge in [-0.15, -0.1) is 12.4 Å². The normalized spacial score (nSPS) is 11.5. The van der Waals surface area contributed by atoms with Gasteiger partial charge >= 0.3 is 0 Å². The maximum absolute atomic E-state index is 12.3. The highest BCUT2D eigenvalue weighted by Crippen LogP contribution is 2.20. The molecule has 2 nitrogen and oxygen atoms in total. The lowest BCUT2D eigenvalue weighted by Crippen LogP contribution is -2.11. The molecule has 0 amide bonds. The van der Waals surface area contributed by atoms with Crippen molar-refractivity contribution in [2.45, 2.75) is 19.1 Å². The summed E-state index contributed by atoms with van der Waals surface area (Å²) in [5.74, 6) is 0.760. The topological polar surface area (TPSA) is 35.2 Å². The summed E-state index contributed by atoms with van der Waals surface area (Å²) < 4.78 is 18.0. The van der Waals surface area contributed by atoms with Crippen LogP contribution in [0.25, 0.3) is 0 Å². The maximum atomic E-state index is 12.3. The fourth-order valence-electron chi connectivity index (χ4n) is 1.86. The van der Waals surface area contributed by atoms with Crippen molar-refractivity contribution >= 4 is 12.4 Å². The molecule has 4 heteroatoms. The van der Waals surface area contributed by atoms with Crippen LogP contribution in [0.1, 0.15) is 23.6 Å². The zero-order valence-corrected chi connectivity index (χ0v) is 12.0. The van der Waals surface area contributed by atoms with Crippen molar-refractivity contribution in [2.24, 2.45) is 5.73 Å². The van der Waals surface area contributed by atoms with Crippen LogP contribution < -0.4 is 10.5 Å². The molecule has 0 spiro atoms. The highest BCUT2D eigenvalue weighted by molar-refractivity contribution is 5.85. The lowest BCUT2D eigenvalue weighted by atomic mass is 10.1. The maximum Gasteiger partial charge on any atom is 0.120 e. The highest BCUT2D eigenvalue weighted by Gasteiger charge is 2.06. The molecule has 2 rings (SSSR count). The van der Waals surface area contributed by atoms with Gasteiger partial charge in [0.2, 0.25) is 0 Å². The Morgan fingerprint density at radius 1 is 1.05 bits per heavy atom. The molecule has 0 saturated carbocycles. The van der Waals surface area contributed by atoms with Crippen LogP contribution in [0.5, 0.6) is 5.75 Å². The third kappa shape index (κ3) is 4.83. The number of benzene rings is 2. The monoisotopic (exact) mass is 295 g/mol. The van der Waals surface area contributed by atoms with Gasteiger partial charge in [-0.1, -0.05) is 42.5 Å². The van der Waals surface area contributed by atoms with Crippen LogP contribution in [0.15, 0.2) is 54.6 Å². The van der Waals surface area contributed by atoms with E-state index in [1.54, 1.807) is 0 Å². The van der Waals surface area contributed by atoms with Gasteiger partial charge in [0.05, 0.1) is 6.67 Å². The van der Waals surface area contributed by atoms with E-state index in [-0.39, 0.29) is 18.4 Å². The molecule has 0 saturated heterocycles. The lowest BCUT2D eigenvalue weighted by Gasteiger charge is -2.12. The van der Waals surface area contributed by atoms with Crippen molar-refractivity contribution in [1.29, 1.82) is 0 Å². The van der Waals surface area contributed by atoms with E-state index in [2.05, 4.69) is 0 Å². The summed E-state index contributed by atoms with van der Waals surface area (Å²) in [6.07, 6.45) is 0.335. The van der Waals surface area contributed by atoms with E-state index in [4.69, 9.17) is 10.5 Å². The molecular weight excluding hydrogens is 277 g/mol. The fraction of sp³-hybridized carbons (Fsp3) is 0.250. The highest BCUT2D eigenvalue weighted by atomic mass is 35.5. The summed E-state index contributed by atoms with van der Waals surface area (Å²) in [6.45, 7) is 0.110. The largest absolute Gasteiger partial charge is 0.489 e. The molecule has 0 fully saturated rings. The minimum Gasteiger partial charge on any atom is -0.489 e. The number of nitrogens with two attached hydrogens (primary N) is 1. The van der Waals surface area contributed by atoms with Crippen LogP contribution in [0.2, 0.25) is 0 Å². The van der Waals surface area contributed by atoms with Gasteiger partial charge in [0, 0.05) is 6.04 Å². The zero-order valence-electron chi connectivity index (χ0n) is 11.2. The van der Waals surface area contributed by atoms with Crippen molar-refractivity contribution in [3.8, 4) is 5.75 Å². The van der Waals surface area contributed by atoms with Crippen LogP contribution in [0.4, 0.5) is 4.39 Å². The van der Waals surface area contributed by atoms with Gasteiger partial charge in [0.15, 0.2) is 0 Å². The molecular formula is C16H19ClFNO. The first-order valence-corrected chi connectivity index (χ1v) is 6.38. The SMILES string of the molecule is Cl.N[C@@H](CCF)c1cccc(OCc2ccccc2)c1. The third-order valence-corrected chi connectivity index (χ3v) is 2.95. The molecule has 0 aromatic heterocycles. The number of alkyl halides is 1. The molecule has 108 valence electrons. The van der Waals surface area contributed by atoms with E-state index in [1.165, 1.54) is 0 Å². The lowest BCUT2D eigenvalue weighted by molar-refractivity contribution is 0.305. The van der Waals surface area contributed by atoms with Crippen LogP contribution in [0, 0.1) is 0 Å². The van der Waals surface area contributed by atoms with Gasteiger partial charge in [-0.3, -0.25) is 4.39 Å². The van der Waals surface area contributed by atoms with Crippen LogP contribution in [-0.2, 0) is 6.61 Å². The molecule has 0 aliphatic rings. The molecule has 2 aromatic rings. The minimum atomic E-state index is -0.406. The first kappa shape index (κ1) is 16.5. The molecule has 2 N–H and O–H groups in total. The van der Waals surface area contributed by atoms with Crippen molar-refractivity contribution in [3.05, 3.63) is 65.7 Å².